The van der Waals surface area contributed by atoms with Gasteiger partial charge >= 0.3 is 6.01 Å². The monoisotopic (exact) mass is 269 g/mol. The lowest BCUT2D eigenvalue weighted by atomic mass is 10.2. The van der Waals surface area contributed by atoms with Crippen LogP contribution in [0.5, 0.6) is 0 Å². The number of amides is 1. The van der Waals surface area contributed by atoms with E-state index < -0.39 is 0 Å². The third-order valence-electron chi connectivity index (χ3n) is 2.33. The lowest BCUT2D eigenvalue weighted by molar-refractivity contribution is -0.120. The summed E-state index contributed by atoms with van der Waals surface area (Å²) in [7, 11) is 0. The molecule has 7 nitrogen and oxygen atoms in total. The lowest BCUT2D eigenvalue weighted by Crippen LogP contribution is -2.28. The maximum Gasteiger partial charge on any atom is 0.315 e. The van der Waals surface area contributed by atoms with Crippen LogP contribution in [-0.4, -0.2) is 35.7 Å². The van der Waals surface area contributed by atoms with Crippen molar-refractivity contribution in [1.82, 2.24) is 20.8 Å². The first-order chi connectivity index (χ1) is 9.11. The van der Waals surface area contributed by atoms with Crippen molar-refractivity contribution in [3.8, 4) is 0 Å². The first-order valence-corrected chi connectivity index (χ1v) is 6.65. The second kappa shape index (κ2) is 8.47. The van der Waals surface area contributed by atoms with Crippen molar-refractivity contribution in [2.75, 3.05) is 25.0 Å². The number of carbonyl (C=O) groups is 1. The van der Waals surface area contributed by atoms with Crippen LogP contribution in [0.4, 0.5) is 6.01 Å². The molecule has 0 saturated heterocycles. The first-order valence-electron chi connectivity index (χ1n) is 6.65. The molecule has 1 heterocycles. The summed E-state index contributed by atoms with van der Waals surface area (Å²) in [6.45, 7) is 8.71. The van der Waals surface area contributed by atoms with Gasteiger partial charge in [0.15, 0.2) is 0 Å². The molecular weight excluding hydrogens is 246 g/mol. The normalized spacial score (nSPS) is 10.7. The van der Waals surface area contributed by atoms with E-state index in [0.717, 1.165) is 6.54 Å². The third-order valence-corrected chi connectivity index (χ3v) is 2.33. The summed E-state index contributed by atoms with van der Waals surface area (Å²) in [5.74, 6) is 1.02. The van der Waals surface area contributed by atoms with Crippen molar-refractivity contribution in [3.63, 3.8) is 0 Å². The van der Waals surface area contributed by atoms with Gasteiger partial charge in [0.25, 0.3) is 0 Å². The van der Waals surface area contributed by atoms with Crippen molar-refractivity contribution in [3.05, 3.63) is 5.89 Å². The Kier molecular flexibility index (Phi) is 6.88. The summed E-state index contributed by atoms with van der Waals surface area (Å²) in [5.41, 5.74) is 0. The molecule has 0 aliphatic rings. The molecule has 0 bridgehead atoms. The van der Waals surface area contributed by atoms with Gasteiger partial charge in [-0.1, -0.05) is 25.9 Å². The third kappa shape index (κ3) is 6.76. The van der Waals surface area contributed by atoms with Crippen LogP contribution in [0.15, 0.2) is 4.42 Å². The average molecular weight is 269 g/mol. The molecule has 0 spiro atoms. The minimum atomic E-state index is 0.0218. The van der Waals surface area contributed by atoms with Crippen LogP contribution in [0.25, 0.3) is 0 Å². The van der Waals surface area contributed by atoms with Crippen LogP contribution < -0.4 is 16.0 Å². The molecule has 0 unspecified atom stereocenters. The van der Waals surface area contributed by atoms with Gasteiger partial charge in [0.05, 0.1) is 6.54 Å². The molecule has 0 aliphatic heterocycles. The fourth-order valence-corrected chi connectivity index (χ4v) is 1.32. The molecule has 0 radical (unpaired) electrons. The highest BCUT2D eigenvalue weighted by Crippen LogP contribution is 2.04. The molecule has 1 aromatic rings. The van der Waals surface area contributed by atoms with E-state index >= 15 is 0 Å². The summed E-state index contributed by atoms with van der Waals surface area (Å²) < 4.78 is 5.34. The molecule has 0 saturated carbocycles. The van der Waals surface area contributed by atoms with Gasteiger partial charge in [-0.05, 0) is 12.5 Å². The van der Waals surface area contributed by atoms with Crippen molar-refractivity contribution >= 4 is 11.9 Å². The fraction of sp³-hybridized carbons (Fsp3) is 0.750. The molecule has 1 amide bonds. The van der Waals surface area contributed by atoms with Gasteiger partial charge in [0.2, 0.25) is 11.8 Å². The van der Waals surface area contributed by atoms with E-state index in [2.05, 4.69) is 40.0 Å². The molecule has 0 fully saturated rings. The highest BCUT2D eigenvalue weighted by atomic mass is 16.4. The molecule has 108 valence electrons. The van der Waals surface area contributed by atoms with Gasteiger partial charge in [-0.15, -0.1) is 5.10 Å². The van der Waals surface area contributed by atoms with E-state index in [4.69, 9.17) is 4.42 Å². The Balaban J connectivity index is 2.18. The molecule has 3 N–H and O–H groups in total. The largest absolute Gasteiger partial charge is 0.407 e. The van der Waals surface area contributed by atoms with Crippen molar-refractivity contribution in [1.29, 1.82) is 0 Å². The Bertz CT molecular complexity index is 378. The van der Waals surface area contributed by atoms with Crippen LogP contribution in [0.2, 0.25) is 0 Å². The SMILES string of the molecule is CCNCc1nnc(NCCC(=O)NCC(C)C)o1. The van der Waals surface area contributed by atoms with Crippen molar-refractivity contribution < 1.29 is 9.21 Å². The van der Waals surface area contributed by atoms with Gasteiger partial charge in [0.1, 0.15) is 0 Å². The standard InChI is InChI=1S/C12H23N5O2/c1-4-13-8-11-16-17-12(19-11)14-6-5-10(18)15-7-9(2)3/h9,13H,4-8H2,1-3H3,(H,14,17)(H,15,18). The maximum atomic E-state index is 11.5. The van der Waals surface area contributed by atoms with Crippen LogP contribution in [-0.2, 0) is 11.3 Å². The smallest absolute Gasteiger partial charge is 0.315 e. The lowest BCUT2D eigenvalue weighted by Gasteiger charge is -2.07. The zero-order chi connectivity index (χ0) is 14.1. The first kappa shape index (κ1) is 15.4. The summed E-state index contributed by atoms with van der Waals surface area (Å²) in [4.78, 5) is 11.5. The number of nitrogens with one attached hydrogen (secondary N) is 3. The minimum Gasteiger partial charge on any atom is -0.407 e. The van der Waals surface area contributed by atoms with E-state index in [1.54, 1.807) is 0 Å². The van der Waals surface area contributed by atoms with E-state index in [1.807, 2.05) is 6.92 Å². The number of hydrogen-bond acceptors (Lipinski definition) is 6. The Morgan fingerprint density at radius 1 is 1.37 bits per heavy atom. The minimum absolute atomic E-state index is 0.0218. The molecule has 0 aromatic carbocycles. The Morgan fingerprint density at radius 2 is 2.16 bits per heavy atom. The van der Waals surface area contributed by atoms with Crippen molar-refractivity contribution in [2.45, 2.75) is 33.7 Å². The predicted molar refractivity (Wildman–Crippen MR) is 72.6 cm³/mol. The zero-order valence-corrected chi connectivity index (χ0v) is 11.8. The number of hydrogen-bond donors (Lipinski definition) is 3. The Hall–Kier alpha value is -1.63. The van der Waals surface area contributed by atoms with Gasteiger partial charge in [0, 0.05) is 19.5 Å². The topological polar surface area (TPSA) is 92.1 Å². The van der Waals surface area contributed by atoms with Crippen LogP contribution in [0.3, 0.4) is 0 Å². The number of carbonyl (C=O) groups excluding carboxylic acids is 1. The number of rotatable bonds is 9. The highest BCUT2D eigenvalue weighted by molar-refractivity contribution is 5.76. The predicted octanol–water partition coefficient (Wildman–Crippen LogP) is 0.753. The second-order valence-corrected chi connectivity index (χ2v) is 4.66. The molecule has 19 heavy (non-hydrogen) atoms. The molecule has 7 heteroatoms. The molecule has 1 rings (SSSR count). The molecule has 0 aliphatic carbocycles. The van der Waals surface area contributed by atoms with E-state index in [0.29, 0.717) is 43.9 Å². The second-order valence-electron chi connectivity index (χ2n) is 4.66. The van der Waals surface area contributed by atoms with Gasteiger partial charge in [-0.2, -0.15) is 0 Å². The van der Waals surface area contributed by atoms with Crippen LogP contribution >= 0.6 is 0 Å². The highest BCUT2D eigenvalue weighted by Gasteiger charge is 2.06. The average Bonchev–Trinajstić information content (AvgIpc) is 2.82. The van der Waals surface area contributed by atoms with E-state index in [-0.39, 0.29) is 5.91 Å². The van der Waals surface area contributed by atoms with Crippen LogP contribution in [0.1, 0.15) is 33.1 Å². The summed E-state index contributed by atoms with van der Waals surface area (Å²) in [6, 6.07) is 0.351. The summed E-state index contributed by atoms with van der Waals surface area (Å²) >= 11 is 0. The Labute approximate surface area is 113 Å². The zero-order valence-electron chi connectivity index (χ0n) is 11.8. The quantitative estimate of drug-likeness (QED) is 0.613. The molecule has 0 atom stereocenters. The molecular formula is C12H23N5O2. The fourth-order valence-electron chi connectivity index (χ4n) is 1.32. The number of nitrogens with zero attached hydrogens (tertiary/aromatic N) is 2. The number of aromatic nitrogens is 2. The maximum absolute atomic E-state index is 11.5. The van der Waals surface area contributed by atoms with Gasteiger partial charge < -0.3 is 20.4 Å². The van der Waals surface area contributed by atoms with Crippen LogP contribution in [0, 0.1) is 5.92 Å². The molecule has 1 aromatic heterocycles. The number of anilines is 1. The van der Waals surface area contributed by atoms with Crippen molar-refractivity contribution in [2.24, 2.45) is 5.92 Å². The van der Waals surface area contributed by atoms with Gasteiger partial charge in [-0.25, -0.2) is 0 Å². The summed E-state index contributed by atoms with van der Waals surface area (Å²) in [6.07, 6.45) is 0.387. The van der Waals surface area contributed by atoms with E-state index in [1.165, 1.54) is 0 Å². The van der Waals surface area contributed by atoms with E-state index in [9.17, 15) is 4.79 Å². The summed E-state index contributed by atoms with van der Waals surface area (Å²) in [5, 5.41) is 16.6. The Morgan fingerprint density at radius 3 is 2.84 bits per heavy atom. The van der Waals surface area contributed by atoms with Gasteiger partial charge in [-0.3, -0.25) is 4.79 Å².